The normalized spacial score (nSPS) is 17.1. The third kappa shape index (κ3) is 5.69. The van der Waals surface area contributed by atoms with E-state index in [9.17, 15) is 9.59 Å². The van der Waals surface area contributed by atoms with Crippen LogP contribution in [0.5, 0.6) is 0 Å². The number of rotatable bonds is 7. The lowest BCUT2D eigenvalue weighted by molar-refractivity contribution is -0.133. The smallest absolute Gasteiger partial charge is 0.254 e. The summed E-state index contributed by atoms with van der Waals surface area (Å²) in [6.45, 7) is 7.31. The fourth-order valence-corrected chi connectivity index (χ4v) is 4.92. The second kappa shape index (κ2) is 9.74. The first kappa shape index (κ1) is 23.6. The van der Waals surface area contributed by atoms with Crippen LogP contribution in [-0.4, -0.2) is 44.8 Å². The number of amides is 2. The Morgan fingerprint density at radius 3 is 2.09 bits per heavy atom. The zero-order chi connectivity index (χ0) is 23.6. The van der Waals surface area contributed by atoms with Crippen molar-refractivity contribution < 1.29 is 9.59 Å². The Hall–Kier alpha value is -2.56. The van der Waals surface area contributed by atoms with E-state index in [1.165, 1.54) is 12.0 Å². The summed E-state index contributed by atoms with van der Waals surface area (Å²) >= 11 is 0. The molecule has 0 unspecified atom stereocenters. The molecule has 0 radical (unpaired) electrons. The van der Waals surface area contributed by atoms with Gasteiger partial charge in [0.25, 0.3) is 5.91 Å². The van der Waals surface area contributed by atoms with Gasteiger partial charge in [-0.2, -0.15) is 0 Å². The van der Waals surface area contributed by atoms with Crippen LogP contribution in [0.25, 0.3) is 0 Å². The predicted molar refractivity (Wildman–Crippen MR) is 132 cm³/mol. The quantitative estimate of drug-likeness (QED) is 0.577. The van der Waals surface area contributed by atoms with Crippen molar-refractivity contribution in [3.63, 3.8) is 0 Å². The second-order valence-electron chi connectivity index (χ2n) is 10.9. The molecule has 0 N–H and O–H groups in total. The Labute approximate surface area is 198 Å². The van der Waals surface area contributed by atoms with E-state index in [0.29, 0.717) is 18.2 Å². The maximum Gasteiger partial charge on any atom is 0.254 e. The largest absolute Gasteiger partial charge is 0.353 e. The third-order valence-electron chi connectivity index (χ3n) is 7.27. The topological polar surface area (TPSA) is 45.6 Å². The van der Waals surface area contributed by atoms with Gasteiger partial charge in [0.2, 0.25) is 5.91 Å². The molecule has 178 valence electrons. The average Bonchev–Trinajstić information content (AvgIpc) is 3.56. The molecule has 0 bridgehead atoms. The van der Waals surface area contributed by atoms with E-state index in [1.807, 2.05) is 41.2 Å². The summed E-state index contributed by atoms with van der Waals surface area (Å²) in [6, 6.07) is 12.5. The maximum atomic E-state index is 13.7. The van der Waals surface area contributed by atoms with Gasteiger partial charge in [0, 0.05) is 36.6 Å². The van der Waals surface area contributed by atoms with E-state index in [-0.39, 0.29) is 29.8 Å². The molecule has 1 aromatic carbocycles. The van der Waals surface area contributed by atoms with E-state index in [4.69, 9.17) is 0 Å². The van der Waals surface area contributed by atoms with Crippen molar-refractivity contribution in [3.8, 4) is 0 Å². The van der Waals surface area contributed by atoms with Crippen molar-refractivity contribution >= 4 is 11.8 Å². The minimum Gasteiger partial charge on any atom is -0.353 e. The van der Waals surface area contributed by atoms with Gasteiger partial charge in [-0.25, -0.2) is 0 Å². The number of aromatic nitrogens is 1. The molecule has 33 heavy (non-hydrogen) atoms. The fourth-order valence-electron chi connectivity index (χ4n) is 4.92. The lowest BCUT2D eigenvalue weighted by Gasteiger charge is -2.36. The Morgan fingerprint density at radius 1 is 0.909 bits per heavy atom. The minimum atomic E-state index is -0.00896. The van der Waals surface area contributed by atoms with Crippen molar-refractivity contribution in [1.82, 2.24) is 14.4 Å². The van der Waals surface area contributed by atoms with Crippen LogP contribution >= 0.6 is 0 Å². The van der Waals surface area contributed by atoms with Gasteiger partial charge in [-0.3, -0.25) is 9.59 Å². The lowest BCUT2D eigenvalue weighted by atomic mass is 9.86. The monoisotopic (exact) mass is 449 g/mol. The molecule has 2 fully saturated rings. The molecule has 0 atom stereocenters. The minimum absolute atomic E-state index is 0.00896. The SMILES string of the molecule is Cn1cccc1CN(C(=O)CN(C(=O)c1ccc(C(C)(C)C)cc1)C1CCCCC1)C1CC1. The zero-order valence-corrected chi connectivity index (χ0v) is 20.7. The fraction of sp³-hybridized carbons (Fsp3) is 0.571. The molecule has 0 spiro atoms. The van der Waals surface area contributed by atoms with Crippen molar-refractivity contribution in [2.24, 2.45) is 7.05 Å². The van der Waals surface area contributed by atoms with Crippen LogP contribution < -0.4 is 0 Å². The maximum absolute atomic E-state index is 13.7. The molecule has 2 aliphatic carbocycles. The summed E-state index contributed by atoms with van der Waals surface area (Å²) in [7, 11) is 2.02. The number of hydrogen-bond acceptors (Lipinski definition) is 2. The molecule has 2 saturated carbocycles. The van der Waals surface area contributed by atoms with Gasteiger partial charge in [0.05, 0.1) is 6.54 Å². The van der Waals surface area contributed by atoms with E-state index in [2.05, 4.69) is 43.5 Å². The number of benzene rings is 1. The first-order valence-corrected chi connectivity index (χ1v) is 12.6. The standard InChI is InChI=1S/C28H39N3O2/c1-28(2,3)22-14-12-21(13-15-22)27(33)31(23-9-6-5-7-10-23)20-26(32)30(24-16-17-24)19-25-11-8-18-29(25)4/h8,11-15,18,23-24H,5-7,9-10,16-17,19-20H2,1-4H3. The zero-order valence-electron chi connectivity index (χ0n) is 20.7. The average molecular weight is 450 g/mol. The van der Waals surface area contributed by atoms with Crippen molar-refractivity contribution in [2.45, 2.75) is 89.8 Å². The molecule has 5 heteroatoms. The van der Waals surface area contributed by atoms with E-state index in [0.717, 1.165) is 44.2 Å². The van der Waals surface area contributed by atoms with Gasteiger partial charge in [-0.1, -0.05) is 52.2 Å². The molecule has 1 heterocycles. The van der Waals surface area contributed by atoms with Crippen molar-refractivity contribution in [2.75, 3.05) is 6.54 Å². The third-order valence-corrected chi connectivity index (χ3v) is 7.27. The van der Waals surface area contributed by atoms with Crippen LogP contribution in [0.2, 0.25) is 0 Å². The number of carbonyl (C=O) groups excluding carboxylic acids is 2. The molecule has 2 aliphatic rings. The highest BCUT2D eigenvalue weighted by Gasteiger charge is 2.36. The van der Waals surface area contributed by atoms with E-state index < -0.39 is 0 Å². The van der Waals surface area contributed by atoms with Crippen molar-refractivity contribution in [1.29, 1.82) is 0 Å². The van der Waals surface area contributed by atoms with Crippen LogP contribution in [0.15, 0.2) is 42.6 Å². The Morgan fingerprint density at radius 2 is 1.55 bits per heavy atom. The summed E-state index contributed by atoms with van der Waals surface area (Å²) in [4.78, 5) is 31.1. The highest BCUT2D eigenvalue weighted by atomic mass is 16.2. The summed E-state index contributed by atoms with van der Waals surface area (Å²) in [5.41, 5.74) is 3.06. The highest BCUT2D eigenvalue weighted by molar-refractivity contribution is 5.97. The van der Waals surface area contributed by atoms with Gasteiger partial charge in [0.1, 0.15) is 6.54 Å². The number of hydrogen-bond donors (Lipinski definition) is 0. The van der Waals surface area contributed by atoms with Gasteiger partial charge in [0.15, 0.2) is 0 Å². The second-order valence-corrected chi connectivity index (χ2v) is 10.9. The molecule has 2 aromatic rings. The first-order valence-electron chi connectivity index (χ1n) is 12.6. The van der Waals surface area contributed by atoms with E-state index in [1.54, 1.807) is 0 Å². The van der Waals surface area contributed by atoms with Crippen molar-refractivity contribution in [3.05, 3.63) is 59.4 Å². The van der Waals surface area contributed by atoms with Gasteiger partial charge < -0.3 is 14.4 Å². The number of aryl methyl sites for hydroxylation is 1. The first-order chi connectivity index (χ1) is 15.7. The Balaban J connectivity index is 1.54. The van der Waals surface area contributed by atoms with Gasteiger partial charge >= 0.3 is 0 Å². The summed E-state index contributed by atoms with van der Waals surface area (Å²) in [5, 5.41) is 0. The number of nitrogens with zero attached hydrogens (tertiary/aromatic N) is 3. The molecule has 2 amide bonds. The number of carbonyl (C=O) groups is 2. The van der Waals surface area contributed by atoms with Crippen LogP contribution in [0.4, 0.5) is 0 Å². The molecule has 5 nitrogen and oxygen atoms in total. The summed E-state index contributed by atoms with van der Waals surface area (Å²) in [6.07, 6.45) is 9.57. The molecular formula is C28H39N3O2. The summed E-state index contributed by atoms with van der Waals surface area (Å²) in [5.74, 6) is 0.0641. The lowest BCUT2D eigenvalue weighted by Crippen LogP contribution is -2.48. The molecule has 4 rings (SSSR count). The van der Waals surface area contributed by atoms with Crippen LogP contribution in [0, 0.1) is 0 Å². The Bertz CT molecular complexity index is 960. The predicted octanol–water partition coefficient (Wildman–Crippen LogP) is 5.29. The van der Waals surface area contributed by atoms with Crippen LogP contribution in [-0.2, 0) is 23.8 Å². The molecule has 0 aliphatic heterocycles. The molecular weight excluding hydrogens is 410 g/mol. The van der Waals surface area contributed by atoms with Crippen LogP contribution in [0.3, 0.4) is 0 Å². The summed E-state index contributed by atoms with van der Waals surface area (Å²) < 4.78 is 2.07. The van der Waals surface area contributed by atoms with Gasteiger partial charge in [-0.05, 0) is 60.9 Å². The van der Waals surface area contributed by atoms with Gasteiger partial charge in [-0.15, -0.1) is 0 Å². The molecule has 1 aromatic heterocycles. The highest BCUT2D eigenvalue weighted by Crippen LogP contribution is 2.30. The van der Waals surface area contributed by atoms with E-state index >= 15 is 0 Å². The Kier molecular flexibility index (Phi) is 6.96. The van der Waals surface area contributed by atoms with Crippen LogP contribution in [0.1, 0.15) is 87.3 Å². The molecule has 0 saturated heterocycles.